The van der Waals surface area contributed by atoms with E-state index in [1.807, 2.05) is 23.1 Å². The maximum Gasteiger partial charge on any atom is 0.225 e. The molecule has 0 saturated carbocycles. The van der Waals surface area contributed by atoms with Gasteiger partial charge in [-0.3, -0.25) is 4.79 Å². The third-order valence-electron chi connectivity index (χ3n) is 5.84. The Morgan fingerprint density at radius 3 is 2.33 bits per heavy atom. The largest absolute Gasteiger partial charge is 0.341 e. The molecular weight excluding hydrogens is 386 g/mol. The van der Waals surface area contributed by atoms with E-state index < -0.39 is 10.0 Å². The summed E-state index contributed by atoms with van der Waals surface area (Å²) in [7, 11) is -3.16. The Hall–Kier alpha value is -1.15. The highest BCUT2D eigenvalue weighted by Crippen LogP contribution is 2.34. The van der Waals surface area contributed by atoms with Crippen molar-refractivity contribution in [2.45, 2.75) is 25.7 Å². The van der Waals surface area contributed by atoms with Crippen LogP contribution in [0.15, 0.2) is 30.3 Å². The van der Waals surface area contributed by atoms with E-state index in [4.69, 9.17) is 5.73 Å². The van der Waals surface area contributed by atoms with Gasteiger partial charge in [0.05, 0.1) is 5.75 Å². The summed E-state index contributed by atoms with van der Waals surface area (Å²) in [5, 5.41) is 0. The number of halogens is 1. The number of rotatable bonds is 5. The molecule has 0 bridgehead atoms. The van der Waals surface area contributed by atoms with Crippen molar-refractivity contribution in [3.05, 3.63) is 35.9 Å². The summed E-state index contributed by atoms with van der Waals surface area (Å²) in [6.45, 7) is 4.52. The zero-order valence-corrected chi connectivity index (χ0v) is 17.4. The van der Waals surface area contributed by atoms with Gasteiger partial charge in [-0.1, -0.05) is 30.3 Å². The number of nitrogens with zero attached hydrogens (tertiary/aromatic N) is 2. The SMILES string of the molecule is CCS(=O)(=O)N1CCC(C(=O)N2C[C@@H](CN)[C@H](c3ccccc3)C2)CC1.Cl. The van der Waals surface area contributed by atoms with Crippen LogP contribution in [0, 0.1) is 11.8 Å². The van der Waals surface area contributed by atoms with Gasteiger partial charge >= 0.3 is 0 Å². The average molecular weight is 416 g/mol. The summed E-state index contributed by atoms with van der Waals surface area (Å²) in [5.74, 6) is 0.767. The second-order valence-corrected chi connectivity index (χ2v) is 9.59. The van der Waals surface area contributed by atoms with Crippen molar-refractivity contribution in [2.75, 3.05) is 38.5 Å². The molecule has 2 N–H and O–H groups in total. The third-order valence-corrected chi connectivity index (χ3v) is 7.73. The van der Waals surface area contributed by atoms with Gasteiger partial charge in [-0.2, -0.15) is 0 Å². The highest BCUT2D eigenvalue weighted by molar-refractivity contribution is 7.89. The summed E-state index contributed by atoms with van der Waals surface area (Å²) in [4.78, 5) is 14.9. The van der Waals surface area contributed by atoms with Gasteiger partial charge in [0.15, 0.2) is 0 Å². The molecule has 152 valence electrons. The molecule has 1 aromatic rings. The van der Waals surface area contributed by atoms with Crippen molar-refractivity contribution in [3.8, 4) is 0 Å². The molecule has 0 aliphatic carbocycles. The van der Waals surface area contributed by atoms with Crippen molar-refractivity contribution in [2.24, 2.45) is 17.6 Å². The Labute approximate surface area is 168 Å². The molecule has 1 amide bonds. The Kier molecular flexibility index (Phi) is 7.68. The zero-order valence-electron chi connectivity index (χ0n) is 15.8. The van der Waals surface area contributed by atoms with Crippen molar-refractivity contribution in [1.82, 2.24) is 9.21 Å². The molecule has 3 rings (SSSR count). The lowest BCUT2D eigenvalue weighted by molar-refractivity contribution is -0.135. The first-order valence-electron chi connectivity index (χ1n) is 9.48. The number of piperidine rings is 1. The van der Waals surface area contributed by atoms with E-state index >= 15 is 0 Å². The van der Waals surface area contributed by atoms with Crippen LogP contribution in [-0.2, 0) is 14.8 Å². The Morgan fingerprint density at radius 1 is 1.15 bits per heavy atom. The molecule has 0 radical (unpaired) electrons. The lowest BCUT2D eigenvalue weighted by atomic mass is 9.89. The monoisotopic (exact) mass is 415 g/mol. The lowest BCUT2D eigenvalue weighted by Crippen LogP contribution is -2.44. The molecule has 1 aromatic carbocycles. The normalized spacial score (nSPS) is 24.6. The predicted molar refractivity (Wildman–Crippen MR) is 109 cm³/mol. The summed E-state index contributed by atoms with van der Waals surface area (Å²) in [6, 6.07) is 10.3. The van der Waals surface area contributed by atoms with Gasteiger partial charge in [0.25, 0.3) is 0 Å². The number of nitrogens with two attached hydrogens (primary N) is 1. The van der Waals surface area contributed by atoms with E-state index in [1.54, 1.807) is 6.92 Å². The highest BCUT2D eigenvalue weighted by Gasteiger charge is 2.39. The number of amides is 1. The quantitative estimate of drug-likeness (QED) is 0.792. The fourth-order valence-electron chi connectivity index (χ4n) is 4.19. The number of likely N-dealkylation sites (tertiary alicyclic amines) is 1. The van der Waals surface area contributed by atoms with Crippen LogP contribution in [0.25, 0.3) is 0 Å². The summed E-state index contributed by atoms with van der Waals surface area (Å²) < 4.78 is 25.5. The fraction of sp³-hybridized carbons (Fsp3) is 0.632. The summed E-state index contributed by atoms with van der Waals surface area (Å²) in [5.41, 5.74) is 7.21. The maximum absolute atomic E-state index is 13.0. The predicted octanol–water partition coefficient (Wildman–Crippen LogP) is 1.67. The van der Waals surface area contributed by atoms with Crippen molar-refractivity contribution in [3.63, 3.8) is 0 Å². The standard InChI is InChI=1S/C19H29N3O3S.ClH/c1-2-26(24,25)22-10-8-16(9-11-22)19(23)21-13-17(12-20)18(14-21)15-6-4-3-5-7-15;/h3-7,16-18H,2,8-14,20H2,1H3;1H/t17-,18+;/m1./s1. The molecule has 6 nitrogen and oxygen atoms in total. The van der Waals surface area contributed by atoms with Gasteiger partial charge in [-0.25, -0.2) is 12.7 Å². The average Bonchev–Trinajstić information content (AvgIpc) is 3.12. The van der Waals surface area contributed by atoms with E-state index in [0.29, 0.717) is 45.6 Å². The van der Waals surface area contributed by atoms with Crippen molar-refractivity contribution in [1.29, 1.82) is 0 Å². The maximum atomic E-state index is 13.0. The lowest BCUT2D eigenvalue weighted by Gasteiger charge is -2.32. The van der Waals surface area contributed by atoms with E-state index in [2.05, 4.69) is 12.1 Å². The van der Waals surface area contributed by atoms with E-state index in [0.717, 1.165) is 0 Å². The van der Waals surface area contributed by atoms with E-state index in [-0.39, 0.29) is 41.8 Å². The smallest absolute Gasteiger partial charge is 0.225 e. The first kappa shape index (κ1) is 22.1. The minimum atomic E-state index is -3.16. The minimum Gasteiger partial charge on any atom is -0.341 e. The topological polar surface area (TPSA) is 83.7 Å². The molecular formula is C19H30ClN3O3S. The molecule has 2 heterocycles. The van der Waals surface area contributed by atoms with Gasteiger partial charge in [0.1, 0.15) is 0 Å². The molecule has 2 fully saturated rings. The second kappa shape index (κ2) is 9.37. The second-order valence-electron chi connectivity index (χ2n) is 7.33. The van der Waals surface area contributed by atoms with E-state index in [9.17, 15) is 13.2 Å². The Balaban J connectivity index is 0.00000261. The minimum absolute atomic E-state index is 0. The van der Waals surface area contributed by atoms with Crippen LogP contribution in [-0.4, -0.2) is 62.0 Å². The van der Waals surface area contributed by atoms with Crippen molar-refractivity contribution >= 4 is 28.3 Å². The van der Waals surface area contributed by atoms with Crippen LogP contribution < -0.4 is 5.73 Å². The number of sulfonamides is 1. The molecule has 2 aliphatic heterocycles. The molecule has 0 aromatic heterocycles. The Morgan fingerprint density at radius 2 is 1.78 bits per heavy atom. The van der Waals surface area contributed by atoms with Crippen molar-refractivity contribution < 1.29 is 13.2 Å². The first-order valence-corrected chi connectivity index (χ1v) is 11.1. The van der Waals surface area contributed by atoms with Crippen LogP contribution in [0.3, 0.4) is 0 Å². The number of hydrogen-bond donors (Lipinski definition) is 1. The number of benzene rings is 1. The molecule has 2 aliphatic rings. The van der Waals surface area contributed by atoms with Crippen LogP contribution in [0.4, 0.5) is 0 Å². The van der Waals surface area contributed by atoms with Crippen LogP contribution >= 0.6 is 12.4 Å². The van der Waals surface area contributed by atoms with Gasteiger partial charge in [0.2, 0.25) is 15.9 Å². The molecule has 2 saturated heterocycles. The van der Waals surface area contributed by atoms with Crippen LogP contribution in [0.5, 0.6) is 0 Å². The number of carbonyl (C=O) groups excluding carboxylic acids is 1. The van der Waals surface area contributed by atoms with Gasteiger partial charge in [0, 0.05) is 38.0 Å². The van der Waals surface area contributed by atoms with Crippen LogP contribution in [0.2, 0.25) is 0 Å². The number of hydrogen-bond acceptors (Lipinski definition) is 4. The van der Waals surface area contributed by atoms with Gasteiger partial charge in [-0.15, -0.1) is 12.4 Å². The third kappa shape index (κ3) is 4.83. The number of carbonyl (C=O) groups is 1. The summed E-state index contributed by atoms with van der Waals surface area (Å²) in [6.07, 6.45) is 1.22. The molecule has 0 unspecified atom stereocenters. The van der Waals surface area contributed by atoms with Gasteiger partial charge < -0.3 is 10.6 Å². The Bertz CT molecular complexity index is 721. The molecule has 2 atom stereocenters. The van der Waals surface area contributed by atoms with E-state index in [1.165, 1.54) is 9.87 Å². The molecule has 8 heteroatoms. The molecule has 27 heavy (non-hydrogen) atoms. The first-order chi connectivity index (χ1) is 12.5. The van der Waals surface area contributed by atoms with Crippen LogP contribution in [0.1, 0.15) is 31.2 Å². The fourth-order valence-corrected chi connectivity index (χ4v) is 5.32. The highest BCUT2D eigenvalue weighted by atomic mass is 35.5. The van der Waals surface area contributed by atoms with Gasteiger partial charge in [-0.05, 0) is 37.8 Å². The zero-order chi connectivity index (χ0) is 18.7. The summed E-state index contributed by atoms with van der Waals surface area (Å²) >= 11 is 0. The molecule has 0 spiro atoms.